The fourth-order valence-corrected chi connectivity index (χ4v) is 5.95. The molecule has 9 heteroatoms. The van der Waals surface area contributed by atoms with Crippen molar-refractivity contribution >= 4 is 23.2 Å². The monoisotopic (exact) mass is 526 g/mol. The molecule has 9 nitrogen and oxygen atoms in total. The van der Waals surface area contributed by atoms with Crippen LogP contribution in [0.15, 0.2) is 42.6 Å². The quantitative estimate of drug-likeness (QED) is 0.473. The average Bonchev–Trinajstić information content (AvgIpc) is 3.88. The third-order valence-electron chi connectivity index (χ3n) is 8.72. The molecule has 202 valence electrons. The van der Waals surface area contributed by atoms with E-state index in [2.05, 4.69) is 45.3 Å². The van der Waals surface area contributed by atoms with Crippen molar-refractivity contribution in [1.29, 1.82) is 0 Å². The highest BCUT2D eigenvalue weighted by atomic mass is 16.5. The van der Waals surface area contributed by atoms with Crippen molar-refractivity contribution in [1.82, 2.24) is 19.8 Å². The summed E-state index contributed by atoms with van der Waals surface area (Å²) in [6, 6.07) is 12.1. The fourth-order valence-electron chi connectivity index (χ4n) is 5.95. The van der Waals surface area contributed by atoms with Crippen molar-refractivity contribution in [2.45, 2.75) is 37.1 Å². The second kappa shape index (κ2) is 9.12. The lowest BCUT2D eigenvalue weighted by Gasteiger charge is -2.34. The highest BCUT2D eigenvalue weighted by Gasteiger charge is 2.57. The number of benzene rings is 2. The first-order chi connectivity index (χ1) is 19.0. The molecule has 7 rings (SSSR count). The minimum absolute atomic E-state index is 0.0173. The number of fused-ring (bicyclic) bond motifs is 2. The molecule has 1 N–H and O–H groups in total. The number of methoxy groups -OCH3 is 1. The molecule has 1 amide bonds. The highest BCUT2D eigenvalue weighted by Crippen LogP contribution is 2.57. The maximum Gasteiger partial charge on any atom is 0.258 e. The van der Waals surface area contributed by atoms with Crippen LogP contribution < -0.4 is 19.7 Å². The number of nitrogens with zero attached hydrogens (tertiary/aromatic N) is 5. The minimum Gasteiger partial charge on any atom is -0.494 e. The van der Waals surface area contributed by atoms with E-state index in [1.165, 1.54) is 0 Å². The van der Waals surface area contributed by atoms with E-state index >= 15 is 0 Å². The van der Waals surface area contributed by atoms with Crippen LogP contribution in [0.3, 0.4) is 0 Å². The lowest BCUT2D eigenvalue weighted by atomic mass is 10.0. The number of amides is 1. The lowest BCUT2D eigenvalue weighted by molar-refractivity contribution is 0.0753. The van der Waals surface area contributed by atoms with E-state index in [0.29, 0.717) is 29.1 Å². The van der Waals surface area contributed by atoms with E-state index in [4.69, 9.17) is 14.5 Å². The molecule has 3 aromatic rings. The van der Waals surface area contributed by atoms with Gasteiger partial charge in [-0.25, -0.2) is 4.98 Å². The molecule has 1 saturated heterocycles. The fraction of sp³-hybridized carbons (Fsp3) is 0.433. The normalized spacial score (nSPS) is 19.8. The van der Waals surface area contributed by atoms with Crippen molar-refractivity contribution in [3.63, 3.8) is 0 Å². The van der Waals surface area contributed by atoms with Gasteiger partial charge in [-0.05, 0) is 62.4 Å². The minimum atomic E-state index is -0.156. The van der Waals surface area contributed by atoms with E-state index < -0.39 is 0 Å². The number of rotatable bonds is 7. The summed E-state index contributed by atoms with van der Waals surface area (Å²) < 4.78 is 12.2. The van der Waals surface area contributed by atoms with Crippen molar-refractivity contribution in [2.24, 2.45) is 0 Å². The zero-order valence-corrected chi connectivity index (χ0v) is 22.7. The molecule has 3 fully saturated rings. The molecule has 2 saturated carbocycles. The topological polar surface area (TPSA) is 83.1 Å². The molecule has 0 unspecified atom stereocenters. The Morgan fingerprint density at radius 2 is 1.82 bits per heavy atom. The number of ether oxygens (including phenoxy) is 2. The van der Waals surface area contributed by atoms with E-state index in [1.54, 1.807) is 7.11 Å². The second-order valence-electron chi connectivity index (χ2n) is 11.2. The largest absolute Gasteiger partial charge is 0.494 e. The van der Waals surface area contributed by atoms with E-state index in [-0.39, 0.29) is 11.4 Å². The van der Waals surface area contributed by atoms with Crippen LogP contribution in [-0.4, -0.2) is 73.1 Å². The summed E-state index contributed by atoms with van der Waals surface area (Å²) in [6.45, 7) is 4.06. The Kier molecular flexibility index (Phi) is 5.66. The highest BCUT2D eigenvalue weighted by molar-refractivity contribution is 6.03. The molecule has 3 heterocycles. The van der Waals surface area contributed by atoms with Crippen LogP contribution in [0.1, 0.15) is 53.1 Å². The number of aromatic nitrogens is 2. The van der Waals surface area contributed by atoms with Gasteiger partial charge in [-0.15, -0.1) is 0 Å². The maximum atomic E-state index is 13.2. The zero-order valence-electron chi connectivity index (χ0n) is 22.7. The van der Waals surface area contributed by atoms with Crippen molar-refractivity contribution in [2.75, 3.05) is 57.6 Å². The molecule has 0 radical (unpaired) electrons. The molecule has 0 atom stereocenters. The Morgan fingerprint density at radius 1 is 1.03 bits per heavy atom. The number of likely N-dealkylation sites (N-methyl/N-ethyl adjacent to an activating group) is 1. The van der Waals surface area contributed by atoms with Gasteiger partial charge in [0, 0.05) is 56.7 Å². The standard InChI is InChI=1S/C30H34N6O3/c1-34-13-15-36(16-14-34)20-9-10-23(25(17-20)38-3)32-29-31-18-21(19-7-8-19)27(33-29)39-24-6-4-5-22-26(24)28(37)35(2)30(22)11-12-30/h4-6,9-10,17-19H,7-8,11-16H2,1-3H3,(H,31,32,33). The van der Waals surface area contributed by atoms with Gasteiger partial charge in [-0.2, -0.15) is 4.98 Å². The van der Waals surface area contributed by atoms with Gasteiger partial charge in [0.1, 0.15) is 11.5 Å². The molecular formula is C30H34N6O3. The Morgan fingerprint density at radius 3 is 2.54 bits per heavy atom. The van der Waals surface area contributed by atoms with Crippen molar-refractivity contribution in [3.8, 4) is 17.4 Å². The Labute approximate surface area is 228 Å². The molecule has 0 bridgehead atoms. The summed E-state index contributed by atoms with van der Waals surface area (Å²) in [5.74, 6) is 2.63. The van der Waals surface area contributed by atoms with E-state index in [1.807, 2.05) is 36.3 Å². The number of piperazine rings is 1. The van der Waals surface area contributed by atoms with Crippen LogP contribution in [-0.2, 0) is 5.54 Å². The molecule has 2 aromatic carbocycles. The van der Waals surface area contributed by atoms with Crippen molar-refractivity contribution < 1.29 is 14.3 Å². The Bertz CT molecular complexity index is 1440. The van der Waals surface area contributed by atoms with Crippen LogP contribution in [0.5, 0.6) is 17.4 Å². The first-order valence-corrected chi connectivity index (χ1v) is 13.8. The molecule has 2 aliphatic heterocycles. The first kappa shape index (κ1) is 24.2. The summed E-state index contributed by atoms with van der Waals surface area (Å²) in [4.78, 5) is 29.2. The SMILES string of the molecule is COc1cc(N2CCN(C)CC2)ccc1Nc1ncc(C2CC2)c(Oc2cccc3c2C(=O)N(C)C32CC2)n1. The predicted octanol–water partition coefficient (Wildman–Crippen LogP) is 4.73. The molecule has 2 aliphatic carbocycles. The lowest BCUT2D eigenvalue weighted by Crippen LogP contribution is -2.44. The van der Waals surface area contributed by atoms with Gasteiger partial charge in [-0.1, -0.05) is 12.1 Å². The summed E-state index contributed by atoms with van der Waals surface area (Å²) in [5.41, 5.74) is 4.48. The van der Waals surface area contributed by atoms with Gasteiger partial charge in [0.2, 0.25) is 11.8 Å². The van der Waals surface area contributed by atoms with Crippen LogP contribution in [0.25, 0.3) is 0 Å². The van der Waals surface area contributed by atoms with Gasteiger partial charge in [-0.3, -0.25) is 4.79 Å². The third-order valence-corrected chi connectivity index (χ3v) is 8.72. The van der Waals surface area contributed by atoms with Gasteiger partial charge in [0.15, 0.2) is 0 Å². The van der Waals surface area contributed by atoms with Crippen LogP contribution >= 0.6 is 0 Å². The number of hydrogen-bond acceptors (Lipinski definition) is 8. The van der Waals surface area contributed by atoms with Crippen LogP contribution in [0.2, 0.25) is 0 Å². The molecule has 1 aromatic heterocycles. The maximum absolute atomic E-state index is 13.2. The summed E-state index contributed by atoms with van der Waals surface area (Å²) in [7, 11) is 5.72. The van der Waals surface area contributed by atoms with Gasteiger partial charge in [0.25, 0.3) is 5.91 Å². The molecule has 39 heavy (non-hydrogen) atoms. The van der Waals surface area contributed by atoms with Crippen LogP contribution in [0, 0.1) is 0 Å². The second-order valence-corrected chi connectivity index (χ2v) is 11.2. The first-order valence-electron chi connectivity index (χ1n) is 13.8. The van der Waals surface area contributed by atoms with Gasteiger partial charge in [0.05, 0.1) is 23.9 Å². The third kappa shape index (κ3) is 4.16. The zero-order chi connectivity index (χ0) is 26.7. The number of nitrogens with one attached hydrogen (secondary N) is 1. The van der Waals surface area contributed by atoms with Crippen LogP contribution in [0.4, 0.5) is 17.3 Å². The Balaban J connectivity index is 1.18. The van der Waals surface area contributed by atoms with Crippen molar-refractivity contribution in [3.05, 3.63) is 59.3 Å². The smallest absolute Gasteiger partial charge is 0.258 e. The number of hydrogen-bond donors (Lipinski definition) is 1. The van der Waals surface area contributed by atoms with E-state index in [0.717, 1.165) is 80.1 Å². The van der Waals surface area contributed by atoms with Gasteiger partial charge < -0.3 is 29.5 Å². The number of carbonyl (C=O) groups is 1. The number of anilines is 3. The summed E-state index contributed by atoms with van der Waals surface area (Å²) >= 11 is 0. The summed E-state index contributed by atoms with van der Waals surface area (Å²) in [5, 5.41) is 3.34. The van der Waals surface area contributed by atoms with Gasteiger partial charge >= 0.3 is 0 Å². The molecule has 1 spiro atoms. The summed E-state index contributed by atoms with van der Waals surface area (Å²) in [6.07, 6.45) is 6.02. The average molecular weight is 527 g/mol. The van der Waals surface area contributed by atoms with E-state index in [9.17, 15) is 4.79 Å². The Hall–Kier alpha value is -3.85. The predicted molar refractivity (Wildman–Crippen MR) is 150 cm³/mol. The molecule has 4 aliphatic rings. The number of carbonyl (C=O) groups excluding carboxylic acids is 1. The molecular weight excluding hydrogens is 492 g/mol.